The van der Waals surface area contributed by atoms with E-state index in [-0.39, 0.29) is 12.3 Å². The van der Waals surface area contributed by atoms with Crippen LogP contribution in [0.2, 0.25) is 5.02 Å². The molecule has 0 radical (unpaired) electrons. The van der Waals surface area contributed by atoms with Crippen molar-refractivity contribution in [3.63, 3.8) is 0 Å². The highest BCUT2D eigenvalue weighted by Gasteiger charge is 2.19. The Kier molecular flexibility index (Phi) is 5.69. The van der Waals surface area contributed by atoms with Crippen molar-refractivity contribution in [3.8, 4) is 0 Å². The lowest BCUT2D eigenvalue weighted by atomic mass is 10.1. The number of nitrogens with zero attached hydrogens (tertiary/aromatic N) is 1. The first-order valence-electron chi connectivity index (χ1n) is 5.80. The zero-order chi connectivity index (χ0) is 15.3. The Labute approximate surface area is 119 Å². The highest BCUT2D eigenvalue weighted by molar-refractivity contribution is 6.30. The van der Waals surface area contributed by atoms with Crippen LogP contribution in [0.5, 0.6) is 0 Å². The Morgan fingerprint density at radius 3 is 2.70 bits per heavy atom. The van der Waals surface area contributed by atoms with E-state index in [1.807, 2.05) is 0 Å². The molecule has 1 aromatic rings. The molecule has 0 saturated carbocycles. The number of hydrogen-bond donors (Lipinski definition) is 3. The molecule has 0 aliphatic heterocycles. The lowest BCUT2D eigenvalue weighted by Gasteiger charge is -2.16. The van der Waals surface area contributed by atoms with Crippen molar-refractivity contribution in [2.24, 2.45) is 10.9 Å². The van der Waals surface area contributed by atoms with E-state index in [0.717, 1.165) is 12.1 Å². The van der Waals surface area contributed by atoms with E-state index in [4.69, 9.17) is 22.5 Å². The largest absolute Gasteiger partial charge is 0.409 e. The number of nitrogens with one attached hydrogen (secondary N) is 1. The minimum Gasteiger partial charge on any atom is -0.409 e. The molecular formula is C12H14ClF2N3O2. The minimum atomic E-state index is -0.924. The normalized spacial score (nSPS) is 13.1. The Morgan fingerprint density at radius 2 is 2.15 bits per heavy atom. The fourth-order valence-electron chi connectivity index (χ4n) is 1.55. The summed E-state index contributed by atoms with van der Waals surface area (Å²) in [6.45, 7) is 1.76. The van der Waals surface area contributed by atoms with Crippen molar-refractivity contribution in [1.82, 2.24) is 5.32 Å². The minimum absolute atomic E-state index is 0.0695. The van der Waals surface area contributed by atoms with Crippen LogP contribution in [-0.2, 0) is 0 Å². The first-order chi connectivity index (χ1) is 9.38. The zero-order valence-electron chi connectivity index (χ0n) is 10.7. The molecule has 0 aliphatic carbocycles. The van der Waals surface area contributed by atoms with Gasteiger partial charge in [-0.15, -0.1) is 0 Å². The molecule has 0 aliphatic rings. The monoisotopic (exact) mass is 305 g/mol. The summed E-state index contributed by atoms with van der Waals surface area (Å²) in [4.78, 5) is 11.9. The van der Waals surface area contributed by atoms with E-state index in [2.05, 4.69) is 10.5 Å². The maximum Gasteiger partial charge on any atom is 0.254 e. The molecule has 0 bridgehead atoms. The fraction of sp³-hybridized carbons (Fsp3) is 0.333. The van der Waals surface area contributed by atoms with Crippen LogP contribution < -0.4 is 11.1 Å². The third kappa shape index (κ3) is 4.06. The Bertz CT molecular complexity index is 538. The Hall–Kier alpha value is -1.89. The maximum atomic E-state index is 13.6. The van der Waals surface area contributed by atoms with E-state index < -0.39 is 34.2 Å². The first-order valence-corrected chi connectivity index (χ1v) is 6.18. The van der Waals surface area contributed by atoms with E-state index >= 15 is 0 Å². The van der Waals surface area contributed by atoms with Crippen LogP contribution in [0.15, 0.2) is 17.3 Å². The molecule has 8 heteroatoms. The molecule has 0 spiro atoms. The predicted molar refractivity (Wildman–Crippen MR) is 70.9 cm³/mol. The van der Waals surface area contributed by atoms with Gasteiger partial charge in [0.25, 0.3) is 5.91 Å². The summed E-state index contributed by atoms with van der Waals surface area (Å²) in [5, 5.41) is 13.3. The van der Waals surface area contributed by atoms with Crippen LogP contribution in [0, 0.1) is 11.6 Å². The van der Waals surface area contributed by atoms with Gasteiger partial charge in [-0.25, -0.2) is 8.78 Å². The van der Waals surface area contributed by atoms with Gasteiger partial charge in [0.2, 0.25) is 0 Å². The molecule has 1 unspecified atom stereocenters. The molecule has 1 amide bonds. The van der Waals surface area contributed by atoms with Crippen LogP contribution in [-0.4, -0.2) is 23.0 Å². The summed E-state index contributed by atoms with van der Waals surface area (Å²) in [6.07, 6.45) is 0.566. The van der Waals surface area contributed by atoms with E-state index in [9.17, 15) is 13.6 Å². The maximum absolute atomic E-state index is 13.6. The van der Waals surface area contributed by atoms with Crippen LogP contribution in [0.4, 0.5) is 8.78 Å². The number of carbonyl (C=O) groups is 1. The highest BCUT2D eigenvalue weighted by Crippen LogP contribution is 2.19. The molecular weight excluding hydrogens is 292 g/mol. The van der Waals surface area contributed by atoms with Crippen molar-refractivity contribution in [2.45, 2.75) is 25.8 Å². The van der Waals surface area contributed by atoms with Crippen LogP contribution in [0.3, 0.4) is 0 Å². The second-order valence-corrected chi connectivity index (χ2v) is 4.53. The van der Waals surface area contributed by atoms with Crippen molar-refractivity contribution in [1.29, 1.82) is 0 Å². The first kappa shape index (κ1) is 16.2. The number of halogens is 3. The molecule has 20 heavy (non-hydrogen) atoms. The third-order valence-electron chi connectivity index (χ3n) is 2.67. The fourth-order valence-corrected chi connectivity index (χ4v) is 1.70. The zero-order valence-corrected chi connectivity index (χ0v) is 11.4. The predicted octanol–water partition coefficient (Wildman–Crippen LogP) is 2.26. The van der Waals surface area contributed by atoms with Gasteiger partial charge in [-0.1, -0.05) is 23.7 Å². The van der Waals surface area contributed by atoms with Gasteiger partial charge in [-0.3, -0.25) is 4.79 Å². The van der Waals surface area contributed by atoms with Crippen LogP contribution in [0.25, 0.3) is 0 Å². The average molecular weight is 306 g/mol. The molecule has 4 N–H and O–H groups in total. The molecule has 0 fully saturated rings. The van der Waals surface area contributed by atoms with Gasteiger partial charge >= 0.3 is 0 Å². The van der Waals surface area contributed by atoms with E-state index in [1.54, 1.807) is 6.92 Å². The summed E-state index contributed by atoms with van der Waals surface area (Å²) in [7, 11) is 0. The topological polar surface area (TPSA) is 87.7 Å². The summed E-state index contributed by atoms with van der Waals surface area (Å²) >= 11 is 5.40. The number of hydrogen-bond acceptors (Lipinski definition) is 3. The third-order valence-corrected chi connectivity index (χ3v) is 2.96. The van der Waals surface area contributed by atoms with Crippen LogP contribution in [0.1, 0.15) is 30.1 Å². The lowest BCUT2D eigenvalue weighted by molar-refractivity contribution is 0.0932. The molecule has 1 aromatic carbocycles. The molecule has 1 rings (SSSR count). The molecule has 0 saturated heterocycles. The van der Waals surface area contributed by atoms with Gasteiger partial charge in [0, 0.05) is 12.5 Å². The second kappa shape index (κ2) is 7.04. The average Bonchev–Trinajstić information content (AvgIpc) is 2.41. The molecule has 1 atom stereocenters. The number of amidine groups is 1. The van der Waals surface area contributed by atoms with Gasteiger partial charge in [-0.2, -0.15) is 0 Å². The highest BCUT2D eigenvalue weighted by atomic mass is 35.5. The number of rotatable bonds is 5. The Morgan fingerprint density at radius 1 is 1.50 bits per heavy atom. The summed E-state index contributed by atoms with van der Waals surface area (Å²) < 4.78 is 26.8. The SMILES string of the molecule is CCC(C/C(N)=N/O)NC(=O)c1cc(F)c(Cl)cc1F. The number of nitrogens with two attached hydrogens (primary N) is 1. The molecule has 110 valence electrons. The lowest BCUT2D eigenvalue weighted by Crippen LogP contribution is -2.38. The van der Waals surface area contributed by atoms with E-state index in [0.29, 0.717) is 6.42 Å². The van der Waals surface area contributed by atoms with Crippen molar-refractivity contribution >= 4 is 23.3 Å². The van der Waals surface area contributed by atoms with Gasteiger partial charge < -0.3 is 16.3 Å². The molecule has 0 aromatic heterocycles. The van der Waals surface area contributed by atoms with Crippen molar-refractivity contribution in [3.05, 3.63) is 34.4 Å². The van der Waals surface area contributed by atoms with Crippen molar-refractivity contribution < 1.29 is 18.8 Å². The molecule has 5 nitrogen and oxygen atoms in total. The van der Waals surface area contributed by atoms with Gasteiger partial charge in [0.15, 0.2) is 0 Å². The summed E-state index contributed by atoms with van der Waals surface area (Å²) in [6, 6.07) is 0.996. The Balaban J connectivity index is 2.87. The smallest absolute Gasteiger partial charge is 0.254 e. The standard InChI is InChI=1S/C12H14ClF2N3O2/c1-2-6(3-11(16)18-20)17-12(19)7-4-10(15)8(13)5-9(7)14/h4-6,20H,2-3H2,1H3,(H2,16,18)(H,17,19). The molecule has 0 heterocycles. The van der Waals surface area contributed by atoms with Gasteiger partial charge in [0.1, 0.15) is 17.5 Å². The number of amides is 1. The van der Waals surface area contributed by atoms with E-state index in [1.165, 1.54) is 0 Å². The van der Waals surface area contributed by atoms with Gasteiger partial charge in [0.05, 0.1) is 10.6 Å². The van der Waals surface area contributed by atoms with Crippen LogP contribution >= 0.6 is 11.6 Å². The summed E-state index contributed by atoms with van der Waals surface area (Å²) in [5.74, 6) is -2.68. The number of benzene rings is 1. The quantitative estimate of drug-likeness (QED) is 0.256. The summed E-state index contributed by atoms with van der Waals surface area (Å²) in [5.41, 5.74) is 4.88. The number of oxime groups is 1. The second-order valence-electron chi connectivity index (χ2n) is 4.12. The number of carbonyl (C=O) groups excluding carboxylic acids is 1. The van der Waals surface area contributed by atoms with Crippen molar-refractivity contribution in [2.75, 3.05) is 0 Å². The van der Waals surface area contributed by atoms with Gasteiger partial charge in [-0.05, 0) is 18.6 Å².